The molecule has 15 heavy (non-hydrogen) atoms. The molecule has 2 aliphatic carbocycles. The smallest absolute Gasteiger partial charge is 0.333 e. The number of hydrogen-bond donors (Lipinski definition) is 0. The van der Waals surface area contributed by atoms with Crippen LogP contribution in [0.5, 0.6) is 0 Å². The number of esters is 1. The van der Waals surface area contributed by atoms with Gasteiger partial charge in [-0.3, -0.25) is 0 Å². The van der Waals surface area contributed by atoms with E-state index in [4.69, 9.17) is 4.74 Å². The lowest BCUT2D eigenvalue weighted by atomic mass is 9.86. The monoisotopic (exact) mass is 206 g/mol. The molecule has 2 aliphatic rings. The van der Waals surface area contributed by atoms with Gasteiger partial charge in [0.05, 0.1) is 0 Å². The van der Waals surface area contributed by atoms with Gasteiger partial charge in [-0.1, -0.05) is 18.7 Å². The lowest BCUT2D eigenvalue weighted by Gasteiger charge is -2.25. The van der Waals surface area contributed by atoms with Gasteiger partial charge >= 0.3 is 5.97 Å². The second kappa shape index (κ2) is 4.21. The van der Waals surface area contributed by atoms with Gasteiger partial charge in [-0.2, -0.15) is 0 Å². The summed E-state index contributed by atoms with van der Waals surface area (Å²) in [5, 5.41) is 0. The van der Waals surface area contributed by atoms with Gasteiger partial charge in [-0.15, -0.1) is 0 Å². The highest BCUT2D eigenvalue weighted by Crippen LogP contribution is 2.40. The van der Waals surface area contributed by atoms with Crippen molar-refractivity contribution in [2.75, 3.05) is 0 Å². The fourth-order valence-electron chi connectivity index (χ4n) is 2.64. The van der Waals surface area contributed by atoms with Crippen LogP contribution in [0.4, 0.5) is 0 Å². The minimum absolute atomic E-state index is 0.129. The minimum atomic E-state index is -0.227. The SMILES string of the molecule is C=C(C)C(=O)OC1CCC2C=CCCC21. The van der Waals surface area contributed by atoms with Crippen molar-refractivity contribution in [1.82, 2.24) is 0 Å². The fraction of sp³-hybridized carbons (Fsp3) is 0.615. The fourth-order valence-corrected chi connectivity index (χ4v) is 2.64. The van der Waals surface area contributed by atoms with Crippen LogP contribution in [0.25, 0.3) is 0 Å². The lowest BCUT2D eigenvalue weighted by Crippen LogP contribution is -2.26. The third kappa shape index (κ3) is 2.14. The molecule has 3 atom stereocenters. The Kier molecular flexibility index (Phi) is 2.94. The van der Waals surface area contributed by atoms with Crippen LogP contribution in [0.2, 0.25) is 0 Å². The summed E-state index contributed by atoms with van der Waals surface area (Å²) in [6, 6.07) is 0. The first-order chi connectivity index (χ1) is 7.18. The highest BCUT2D eigenvalue weighted by Gasteiger charge is 2.37. The molecule has 0 radical (unpaired) electrons. The Balaban J connectivity index is 1.97. The van der Waals surface area contributed by atoms with E-state index in [1.807, 2.05) is 0 Å². The first kappa shape index (κ1) is 10.5. The molecule has 2 rings (SSSR count). The van der Waals surface area contributed by atoms with Crippen LogP contribution in [-0.4, -0.2) is 12.1 Å². The molecular formula is C13H18O2. The van der Waals surface area contributed by atoms with Gasteiger partial charge in [0, 0.05) is 11.5 Å². The predicted molar refractivity (Wildman–Crippen MR) is 59.3 cm³/mol. The van der Waals surface area contributed by atoms with Crippen molar-refractivity contribution in [3.63, 3.8) is 0 Å². The van der Waals surface area contributed by atoms with Gasteiger partial charge in [0.1, 0.15) is 6.10 Å². The lowest BCUT2D eigenvalue weighted by molar-refractivity contribution is -0.146. The van der Waals surface area contributed by atoms with E-state index in [9.17, 15) is 4.79 Å². The van der Waals surface area contributed by atoms with Crippen LogP contribution >= 0.6 is 0 Å². The molecule has 0 saturated heterocycles. The Morgan fingerprint density at radius 3 is 2.93 bits per heavy atom. The third-order valence-electron chi connectivity index (χ3n) is 3.47. The van der Waals surface area contributed by atoms with Gasteiger partial charge in [0.25, 0.3) is 0 Å². The molecule has 0 heterocycles. The zero-order chi connectivity index (χ0) is 10.8. The summed E-state index contributed by atoms with van der Waals surface area (Å²) in [5.41, 5.74) is 0.504. The summed E-state index contributed by atoms with van der Waals surface area (Å²) >= 11 is 0. The molecule has 0 N–H and O–H groups in total. The van der Waals surface area contributed by atoms with E-state index < -0.39 is 0 Å². The highest BCUT2D eigenvalue weighted by atomic mass is 16.5. The largest absolute Gasteiger partial charge is 0.459 e. The molecular weight excluding hydrogens is 188 g/mol. The van der Waals surface area contributed by atoms with E-state index in [0.29, 0.717) is 17.4 Å². The zero-order valence-corrected chi connectivity index (χ0v) is 9.24. The molecule has 1 fully saturated rings. The highest BCUT2D eigenvalue weighted by molar-refractivity contribution is 5.87. The number of carbonyl (C=O) groups excluding carboxylic acids is 1. The van der Waals surface area contributed by atoms with E-state index >= 15 is 0 Å². The molecule has 0 bridgehead atoms. The zero-order valence-electron chi connectivity index (χ0n) is 9.24. The summed E-state index contributed by atoms with van der Waals surface area (Å²) in [5.74, 6) is 0.968. The number of allylic oxidation sites excluding steroid dienone is 2. The number of carbonyl (C=O) groups is 1. The van der Waals surface area contributed by atoms with Crippen LogP contribution in [0.3, 0.4) is 0 Å². The second-order valence-electron chi connectivity index (χ2n) is 4.63. The summed E-state index contributed by atoms with van der Waals surface area (Å²) < 4.78 is 5.47. The topological polar surface area (TPSA) is 26.3 Å². The predicted octanol–water partition coefficient (Wildman–Crippen LogP) is 2.85. The summed E-state index contributed by atoms with van der Waals surface area (Å²) in [6.45, 7) is 5.32. The molecule has 2 nitrogen and oxygen atoms in total. The van der Waals surface area contributed by atoms with Gasteiger partial charge in [0.2, 0.25) is 0 Å². The third-order valence-corrected chi connectivity index (χ3v) is 3.47. The Morgan fingerprint density at radius 1 is 1.40 bits per heavy atom. The Labute approximate surface area is 91.0 Å². The summed E-state index contributed by atoms with van der Waals surface area (Å²) in [7, 11) is 0. The maximum Gasteiger partial charge on any atom is 0.333 e. The van der Waals surface area contributed by atoms with Crippen LogP contribution < -0.4 is 0 Å². The van der Waals surface area contributed by atoms with E-state index in [1.54, 1.807) is 6.92 Å². The van der Waals surface area contributed by atoms with Crippen molar-refractivity contribution in [1.29, 1.82) is 0 Å². The number of ether oxygens (including phenoxy) is 1. The van der Waals surface area contributed by atoms with Crippen LogP contribution in [0.1, 0.15) is 32.6 Å². The van der Waals surface area contributed by atoms with Crippen molar-refractivity contribution in [2.24, 2.45) is 11.8 Å². The molecule has 0 amide bonds. The Morgan fingerprint density at radius 2 is 2.20 bits per heavy atom. The van der Waals surface area contributed by atoms with Gasteiger partial charge < -0.3 is 4.74 Å². The number of hydrogen-bond acceptors (Lipinski definition) is 2. The van der Waals surface area contributed by atoms with Crippen molar-refractivity contribution in [2.45, 2.75) is 38.7 Å². The molecule has 0 spiro atoms. The molecule has 0 aromatic rings. The van der Waals surface area contributed by atoms with Crippen molar-refractivity contribution in [3.8, 4) is 0 Å². The quantitative estimate of drug-likeness (QED) is 0.394. The van der Waals surface area contributed by atoms with E-state index in [-0.39, 0.29) is 12.1 Å². The molecule has 0 aromatic heterocycles. The van der Waals surface area contributed by atoms with Crippen LogP contribution in [-0.2, 0) is 9.53 Å². The maximum atomic E-state index is 11.4. The molecule has 0 aromatic carbocycles. The van der Waals surface area contributed by atoms with Gasteiger partial charge in [-0.05, 0) is 38.5 Å². The van der Waals surface area contributed by atoms with Crippen LogP contribution in [0, 0.1) is 11.8 Å². The van der Waals surface area contributed by atoms with Gasteiger partial charge in [-0.25, -0.2) is 4.79 Å². The molecule has 82 valence electrons. The number of fused-ring (bicyclic) bond motifs is 1. The standard InChI is InChI=1S/C13H18O2/c1-9(2)13(14)15-12-8-7-10-5-3-4-6-11(10)12/h3,5,10-12H,1,4,6-8H2,2H3. The molecule has 0 aliphatic heterocycles. The van der Waals surface area contributed by atoms with Crippen molar-refractivity contribution in [3.05, 3.63) is 24.3 Å². The summed E-state index contributed by atoms with van der Waals surface area (Å²) in [6.07, 6.45) is 9.14. The summed E-state index contributed by atoms with van der Waals surface area (Å²) in [4.78, 5) is 11.4. The maximum absolute atomic E-state index is 11.4. The molecule has 1 saturated carbocycles. The molecule has 3 unspecified atom stereocenters. The average molecular weight is 206 g/mol. The normalized spacial score (nSPS) is 33.5. The van der Waals surface area contributed by atoms with E-state index in [0.717, 1.165) is 25.7 Å². The van der Waals surface area contributed by atoms with E-state index in [2.05, 4.69) is 18.7 Å². The first-order valence-electron chi connectivity index (χ1n) is 5.71. The minimum Gasteiger partial charge on any atom is -0.459 e. The van der Waals surface area contributed by atoms with E-state index in [1.165, 1.54) is 0 Å². The molecule has 2 heteroatoms. The number of rotatable bonds is 2. The van der Waals surface area contributed by atoms with Crippen molar-refractivity contribution < 1.29 is 9.53 Å². The second-order valence-corrected chi connectivity index (χ2v) is 4.63. The van der Waals surface area contributed by atoms with Crippen LogP contribution in [0.15, 0.2) is 24.3 Å². The Bertz CT molecular complexity index is 304. The average Bonchev–Trinajstić information content (AvgIpc) is 2.62. The van der Waals surface area contributed by atoms with Gasteiger partial charge in [0.15, 0.2) is 0 Å². The van der Waals surface area contributed by atoms with Crippen molar-refractivity contribution >= 4 is 5.97 Å². The first-order valence-corrected chi connectivity index (χ1v) is 5.71. The Hall–Kier alpha value is -1.05.